The topological polar surface area (TPSA) is 132 Å². The third-order valence-electron chi connectivity index (χ3n) is 6.36. The molecule has 4 aromatic heterocycles. The lowest BCUT2D eigenvalue weighted by Crippen LogP contribution is -2.32. The van der Waals surface area contributed by atoms with Gasteiger partial charge < -0.3 is 16.0 Å². The Morgan fingerprint density at radius 2 is 2.03 bits per heavy atom. The average Bonchev–Trinajstić information content (AvgIpc) is 3.20. The highest BCUT2D eigenvalue weighted by atomic mass is 32.1. The van der Waals surface area contributed by atoms with Crippen molar-refractivity contribution < 1.29 is 4.79 Å². The predicted octanol–water partition coefficient (Wildman–Crippen LogP) is 4.17. The molecule has 0 radical (unpaired) electrons. The quantitative estimate of drug-likeness (QED) is 0.347. The number of hydrogen-bond acceptors (Lipinski definition) is 8. The molecule has 1 aliphatic rings. The third-order valence-corrected chi connectivity index (χ3v) is 7.14. The van der Waals surface area contributed by atoms with Gasteiger partial charge in [0.1, 0.15) is 11.3 Å². The molecule has 5 rings (SSSR count). The van der Waals surface area contributed by atoms with Gasteiger partial charge in [-0.1, -0.05) is 0 Å². The van der Waals surface area contributed by atoms with Gasteiger partial charge in [0, 0.05) is 54.6 Å². The van der Waals surface area contributed by atoms with Crippen LogP contribution in [0.1, 0.15) is 58.6 Å². The summed E-state index contributed by atoms with van der Waals surface area (Å²) in [6, 6.07) is 1.30. The number of urea groups is 1. The molecule has 1 aliphatic carbocycles. The van der Waals surface area contributed by atoms with Crippen molar-refractivity contribution in [1.29, 1.82) is 0 Å². The van der Waals surface area contributed by atoms with Crippen LogP contribution in [0.15, 0.2) is 35.0 Å². The maximum atomic E-state index is 13.4. The zero-order chi connectivity index (χ0) is 26.5. The van der Waals surface area contributed by atoms with Crippen LogP contribution in [0.2, 0.25) is 0 Å². The molecule has 1 saturated carbocycles. The fourth-order valence-electron chi connectivity index (χ4n) is 4.36. The standard InChI is InChI=1S/C25H31N9O2S/c1-13(2)34-21-14(9-28-23(26-6)31-21)7-16(22(34)35)15-8-17(15)29-24(36)30-18-11-33(25(3,4)5)32-20(18)19-10-27-12-37-19/h7,9-13,15,17H,8H2,1-6H3,(H,26,28,31)(H2,29,30,36). The van der Waals surface area contributed by atoms with E-state index in [1.54, 1.807) is 29.5 Å². The molecular formula is C25H31N9O2S. The summed E-state index contributed by atoms with van der Waals surface area (Å²) in [6.07, 6.45) is 5.98. The van der Waals surface area contributed by atoms with Crippen molar-refractivity contribution >= 4 is 40.0 Å². The van der Waals surface area contributed by atoms with E-state index in [1.165, 1.54) is 11.3 Å². The largest absolute Gasteiger partial charge is 0.357 e. The Kier molecular flexibility index (Phi) is 6.22. The number of nitrogens with one attached hydrogen (secondary N) is 3. The van der Waals surface area contributed by atoms with Gasteiger partial charge in [0.25, 0.3) is 5.56 Å². The maximum Gasteiger partial charge on any atom is 0.319 e. The molecule has 194 valence electrons. The van der Waals surface area contributed by atoms with Crippen LogP contribution in [0, 0.1) is 0 Å². The number of carbonyl (C=O) groups is 1. The molecule has 37 heavy (non-hydrogen) atoms. The number of rotatable bonds is 6. The first-order chi connectivity index (χ1) is 17.6. The van der Waals surface area contributed by atoms with E-state index in [0.717, 1.165) is 10.3 Å². The number of fused-ring (bicyclic) bond motifs is 1. The number of amides is 2. The summed E-state index contributed by atoms with van der Waals surface area (Å²) in [6.45, 7) is 10.1. The monoisotopic (exact) mass is 521 g/mol. The van der Waals surface area contributed by atoms with Crippen molar-refractivity contribution in [3.8, 4) is 10.6 Å². The van der Waals surface area contributed by atoms with E-state index in [1.807, 2.05) is 51.6 Å². The van der Waals surface area contributed by atoms with E-state index < -0.39 is 0 Å². The maximum absolute atomic E-state index is 13.4. The van der Waals surface area contributed by atoms with Gasteiger partial charge in [-0.25, -0.2) is 9.78 Å². The first-order valence-electron chi connectivity index (χ1n) is 12.2. The van der Waals surface area contributed by atoms with Crippen LogP contribution < -0.4 is 21.5 Å². The number of hydrogen-bond donors (Lipinski definition) is 3. The molecule has 2 atom stereocenters. The SMILES string of the molecule is CNc1ncc2cc(C3CC3NC(=O)Nc3cn(C(C)(C)C)nc3-c3cncs3)c(=O)n(C(C)C)c2n1. The minimum atomic E-state index is -0.335. The number of anilines is 2. The van der Waals surface area contributed by atoms with Crippen LogP contribution in [0.25, 0.3) is 21.6 Å². The Morgan fingerprint density at radius 3 is 2.68 bits per heavy atom. The molecule has 4 aromatic rings. The van der Waals surface area contributed by atoms with Crippen LogP contribution in [0.3, 0.4) is 0 Å². The average molecular weight is 522 g/mol. The van der Waals surface area contributed by atoms with Crippen molar-refractivity contribution in [3.63, 3.8) is 0 Å². The molecule has 0 bridgehead atoms. The Bertz CT molecular complexity index is 1520. The Hall–Kier alpha value is -3.80. The van der Waals surface area contributed by atoms with Gasteiger partial charge in [0.2, 0.25) is 5.95 Å². The second-order valence-electron chi connectivity index (χ2n) is 10.5. The van der Waals surface area contributed by atoms with Gasteiger partial charge in [-0.15, -0.1) is 11.3 Å². The van der Waals surface area contributed by atoms with E-state index in [4.69, 9.17) is 5.10 Å². The highest BCUT2D eigenvalue weighted by Crippen LogP contribution is 2.40. The van der Waals surface area contributed by atoms with Crippen LogP contribution in [0.5, 0.6) is 0 Å². The Labute approximate surface area is 218 Å². The summed E-state index contributed by atoms with van der Waals surface area (Å²) in [5, 5.41) is 14.4. The van der Waals surface area contributed by atoms with E-state index in [-0.39, 0.29) is 35.1 Å². The van der Waals surface area contributed by atoms with Gasteiger partial charge in [-0.3, -0.25) is 19.0 Å². The van der Waals surface area contributed by atoms with Crippen molar-refractivity contribution in [2.24, 2.45) is 0 Å². The minimum Gasteiger partial charge on any atom is -0.357 e. The zero-order valence-electron chi connectivity index (χ0n) is 21.7. The normalized spacial score (nSPS) is 17.3. The molecule has 11 nitrogen and oxygen atoms in total. The summed E-state index contributed by atoms with van der Waals surface area (Å²) in [7, 11) is 1.74. The molecule has 4 heterocycles. The van der Waals surface area contributed by atoms with Gasteiger partial charge in [-0.2, -0.15) is 10.1 Å². The molecular weight excluding hydrogens is 490 g/mol. The molecule has 2 amide bonds. The fourth-order valence-corrected chi connectivity index (χ4v) is 4.97. The number of carbonyl (C=O) groups excluding carboxylic acids is 1. The number of nitrogens with zero attached hydrogens (tertiary/aromatic N) is 6. The second kappa shape index (κ2) is 9.25. The summed E-state index contributed by atoms with van der Waals surface area (Å²) >= 11 is 1.46. The smallest absolute Gasteiger partial charge is 0.319 e. The lowest BCUT2D eigenvalue weighted by molar-refractivity contribution is 0.251. The first kappa shape index (κ1) is 24.9. The molecule has 0 aromatic carbocycles. The van der Waals surface area contributed by atoms with Crippen molar-refractivity contribution in [3.05, 3.63) is 46.1 Å². The van der Waals surface area contributed by atoms with Crippen molar-refractivity contribution in [1.82, 2.24) is 34.6 Å². The molecule has 0 saturated heterocycles. The Balaban J connectivity index is 1.37. The summed E-state index contributed by atoms with van der Waals surface area (Å²) in [5.74, 6) is 0.388. The summed E-state index contributed by atoms with van der Waals surface area (Å²) < 4.78 is 3.54. The molecule has 0 spiro atoms. The molecule has 0 aliphatic heterocycles. The highest BCUT2D eigenvalue weighted by Gasteiger charge is 2.42. The van der Waals surface area contributed by atoms with Gasteiger partial charge in [0.15, 0.2) is 0 Å². The van der Waals surface area contributed by atoms with Crippen molar-refractivity contribution in [2.75, 3.05) is 17.7 Å². The molecule has 1 fully saturated rings. The van der Waals surface area contributed by atoms with E-state index in [0.29, 0.717) is 35.0 Å². The lowest BCUT2D eigenvalue weighted by atomic mass is 10.1. The number of pyridine rings is 1. The predicted molar refractivity (Wildman–Crippen MR) is 145 cm³/mol. The highest BCUT2D eigenvalue weighted by molar-refractivity contribution is 7.13. The van der Waals surface area contributed by atoms with E-state index in [2.05, 4.69) is 30.9 Å². The minimum absolute atomic E-state index is 0.0742. The summed E-state index contributed by atoms with van der Waals surface area (Å²) in [5.41, 5.74) is 3.95. The van der Waals surface area contributed by atoms with Gasteiger partial charge in [-0.05, 0) is 47.1 Å². The van der Waals surface area contributed by atoms with Gasteiger partial charge >= 0.3 is 6.03 Å². The third kappa shape index (κ3) is 4.80. The second-order valence-corrected chi connectivity index (χ2v) is 11.4. The van der Waals surface area contributed by atoms with Crippen LogP contribution >= 0.6 is 11.3 Å². The van der Waals surface area contributed by atoms with Crippen LogP contribution in [-0.4, -0.2) is 48.4 Å². The van der Waals surface area contributed by atoms with E-state index >= 15 is 0 Å². The van der Waals surface area contributed by atoms with Crippen LogP contribution in [-0.2, 0) is 5.54 Å². The van der Waals surface area contributed by atoms with Crippen LogP contribution in [0.4, 0.5) is 16.4 Å². The number of thiazole rings is 1. The summed E-state index contributed by atoms with van der Waals surface area (Å²) in [4.78, 5) is 40.3. The Morgan fingerprint density at radius 1 is 1.24 bits per heavy atom. The molecule has 3 N–H and O–H groups in total. The van der Waals surface area contributed by atoms with Gasteiger partial charge in [0.05, 0.1) is 21.6 Å². The first-order valence-corrected chi connectivity index (χ1v) is 13.1. The lowest BCUT2D eigenvalue weighted by Gasteiger charge is -2.18. The van der Waals surface area contributed by atoms with Crippen molar-refractivity contribution in [2.45, 2.75) is 64.6 Å². The zero-order valence-corrected chi connectivity index (χ0v) is 22.6. The molecule has 2 unspecified atom stereocenters. The number of aromatic nitrogens is 6. The molecule has 12 heteroatoms. The van der Waals surface area contributed by atoms with E-state index in [9.17, 15) is 9.59 Å². The fraction of sp³-hybridized carbons (Fsp3) is 0.440.